The van der Waals surface area contributed by atoms with E-state index in [2.05, 4.69) is 31.2 Å². The first-order valence-electron chi connectivity index (χ1n) is 7.78. The van der Waals surface area contributed by atoms with E-state index in [0.717, 1.165) is 43.5 Å². The Morgan fingerprint density at radius 2 is 1.86 bits per heavy atom. The fraction of sp³-hybridized carbons (Fsp3) is 0.316. The molecule has 0 spiro atoms. The van der Waals surface area contributed by atoms with Crippen LogP contribution in [0.2, 0.25) is 0 Å². The van der Waals surface area contributed by atoms with Gasteiger partial charge in [0.05, 0.1) is 0 Å². The Labute approximate surface area is 126 Å². The van der Waals surface area contributed by atoms with Gasteiger partial charge in [0.1, 0.15) is 0 Å². The summed E-state index contributed by atoms with van der Waals surface area (Å²) in [6, 6.07) is 16.3. The van der Waals surface area contributed by atoms with Gasteiger partial charge in [-0.1, -0.05) is 43.7 Å². The third-order valence-electron chi connectivity index (χ3n) is 4.09. The van der Waals surface area contributed by atoms with Gasteiger partial charge >= 0.3 is 0 Å². The number of hydrogen-bond acceptors (Lipinski definition) is 1. The minimum absolute atomic E-state index is 0.116. The summed E-state index contributed by atoms with van der Waals surface area (Å²) >= 11 is 0. The summed E-state index contributed by atoms with van der Waals surface area (Å²) in [4.78, 5) is 14.7. The van der Waals surface area contributed by atoms with E-state index in [0.29, 0.717) is 0 Å². The van der Waals surface area contributed by atoms with Crippen LogP contribution in [0.4, 0.5) is 5.69 Å². The van der Waals surface area contributed by atoms with Crippen molar-refractivity contribution in [2.75, 3.05) is 11.4 Å². The third-order valence-corrected chi connectivity index (χ3v) is 4.09. The second kappa shape index (κ2) is 6.13. The molecule has 108 valence electrons. The molecule has 1 aliphatic rings. The number of carbonyl (C=O) groups is 1. The zero-order valence-electron chi connectivity index (χ0n) is 12.5. The molecule has 21 heavy (non-hydrogen) atoms. The number of carbonyl (C=O) groups excluding carboxylic acids is 1. The molecule has 0 atom stereocenters. The van der Waals surface area contributed by atoms with Crippen LogP contribution >= 0.6 is 0 Å². The lowest BCUT2D eigenvalue weighted by atomic mass is 10.0. The molecule has 0 bridgehead atoms. The summed E-state index contributed by atoms with van der Waals surface area (Å²) < 4.78 is 0. The van der Waals surface area contributed by atoms with Gasteiger partial charge in [0.2, 0.25) is 0 Å². The van der Waals surface area contributed by atoms with Gasteiger partial charge < -0.3 is 4.90 Å². The zero-order chi connectivity index (χ0) is 14.7. The van der Waals surface area contributed by atoms with Crippen LogP contribution in [0.1, 0.15) is 41.3 Å². The lowest BCUT2D eigenvalue weighted by molar-refractivity contribution is 0.0985. The van der Waals surface area contributed by atoms with Crippen molar-refractivity contribution in [2.24, 2.45) is 0 Å². The number of amides is 1. The predicted molar refractivity (Wildman–Crippen MR) is 86.9 cm³/mol. The van der Waals surface area contributed by atoms with Crippen LogP contribution in [0.5, 0.6) is 0 Å². The molecular weight excluding hydrogens is 258 g/mol. The number of hydrogen-bond donors (Lipinski definition) is 0. The summed E-state index contributed by atoms with van der Waals surface area (Å²) in [7, 11) is 0. The largest absolute Gasteiger partial charge is 0.308 e. The highest BCUT2D eigenvalue weighted by molar-refractivity contribution is 6.06. The molecule has 0 radical (unpaired) electrons. The molecule has 3 rings (SSSR count). The highest BCUT2D eigenvalue weighted by Gasteiger charge is 2.22. The number of rotatable bonds is 3. The van der Waals surface area contributed by atoms with Crippen molar-refractivity contribution >= 4 is 11.6 Å². The van der Waals surface area contributed by atoms with Crippen LogP contribution in [0.15, 0.2) is 48.5 Å². The number of fused-ring (bicyclic) bond motifs is 1. The molecule has 2 nitrogen and oxygen atoms in total. The van der Waals surface area contributed by atoms with E-state index in [1.807, 2.05) is 29.2 Å². The molecule has 0 saturated carbocycles. The molecule has 1 amide bonds. The predicted octanol–water partition coefficient (Wildman–Crippen LogP) is 4.23. The van der Waals surface area contributed by atoms with E-state index < -0.39 is 0 Å². The maximum atomic E-state index is 12.8. The Kier molecular flexibility index (Phi) is 4.05. The van der Waals surface area contributed by atoms with Crippen molar-refractivity contribution in [3.8, 4) is 0 Å². The highest BCUT2D eigenvalue weighted by atomic mass is 16.2. The van der Waals surface area contributed by atoms with E-state index in [9.17, 15) is 4.79 Å². The van der Waals surface area contributed by atoms with Gasteiger partial charge in [-0.25, -0.2) is 0 Å². The molecule has 0 unspecified atom stereocenters. The minimum atomic E-state index is 0.116. The lowest BCUT2D eigenvalue weighted by Gasteiger charge is -2.29. The van der Waals surface area contributed by atoms with E-state index in [4.69, 9.17) is 0 Å². The van der Waals surface area contributed by atoms with Crippen LogP contribution in [0.3, 0.4) is 0 Å². The van der Waals surface area contributed by atoms with Crippen molar-refractivity contribution in [3.05, 3.63) is 65.2 Å². The van der Waals surface area contributed by atoms with Crippen molar-refractivity contribution in [3.63, 3.8) is 0 Å². The van der Waals surface area contributed by atoms with Gasteiger partial charge in [0, 0.05) is 17.8 Å². The van der Waals surface area contributed by atoms with Gasteiger partial charge in [0.15, 0.2) is 0 Å². The SMILES string of the molecule is CCCc1ccc(C(=O)N2CCCc3ccccc32)cc1. The standard InChI is InChI=1S/C19H21NO/c1-2-6-15-10-12-17(13-11-15)19(21)20-14-5-8-16-7-3-4-9-18(16)20/h3-4,7,9-13H,2,5-6,8,14H2,1H3. The molecule has 0 saturated heterocycles. The van der Waals surface area contributed by atoms with Gasteiger partial charge in [-0.05, 0) is 48.6 Å². The Morgan fingerprint density at radius 1 is 1.10 bits per heavy atom. The maximum absolute atomic E-state index is 12.8. The van der Waals surface area contributed by atoms with E-state index in [1.54, 1.807) is 0 Å². The number of para-hydroxylation sites is 1. The smallest absolute Gasteiger partial charge is 0.258 e. The molecule has 0 aliphatic carbocycles. The van der Waals surface area contributed by atoms with Crippen molar-refractivity contribution in [2.45, 2.75) is 32.6 Å². The average molecular weight is 279 g/mol. The first-order chi connectivity index (χ1) is 10.3. The van der Waals surface area contributed by atoms with E-state index >= 15 is 0 Å². The molecular formula is C19H21NO. The van der Waals surface area contributed by atoms with Crippen LogP contribution in [0, 0.1) is 0 Å². The maximum Gasteiger partial charge on any atom is 0.258 e. The van der Waals surface area contributed by atoms with Gasteiger partial charge in [-0.15, -0.1) is 0 Å². The number of nitrogens with zero attached hydrogens (tertiary/aromatic N) is 1. The van der Waals surface area contributed by atoms with Crippen LogP contribution < -0.4 is 4.90 Å². The topological polar surface area (TPSA) is 20.3 Å². The second-order valence-corrected chi connectivity index (χ2v) is 5.64. The zero-order valence-corrected chi connectivity index (χ0v) is 12.5. The highest BCUT2D eigenvalue weighted by Crippen LogP contribution is 2.28. The summed E-state index contributed by atoms with van der Waals surface area (Å²) in [5.41, 5.74) is 4.44. The summed E-state index contributed by atoms with van der Waals surface area (Å²) in [6.07, 6.45) is 4.31. The molecule has 2 aromatic rings. The number of benzene rings is 2. The van der Waals surface area contributed by atoms with Gasteiger partial charge in [0.25, 0.3) is 5.91 Å². The van der Waals surface area contributed by atoms with Gasteiger partial charge in [-0.2, -0.15) is 0 Å². The molecule has 2 aromatic carbocycles. The van der Waals surface area contributed by atoms with Crippen molar-refractivity contribution in [1.29, 1.82) is 0 Å². The van der Waals surface area contributed by atoms with Gasteiger partial charge in [-0.3, -0.25) is 4.79 Å². The Bertz CT molecular complexity index is 630. The first-order valence-corrected chi connectivity index (χ1v) is 7.78. The average Bonchev–Trinajstić information content (AvgIpc) is 2.55. The monoisotopic (exact) mass is 279 g/mol. The third kappa shape index (κ3) is 2.85. The van der Waals surface area contributed by atoms with Crippen LogP contribution in [0.25, 0.3) is 0 Å². The van der Waals surface area contributed by atoms with Crippen LogP contribution in [-0.4, -0.2) is 12.5 Å². The Morgan fingerprint density at radius 3 is 2.62 bits per heavy atom. The van der Waals surface area contributed by atoms with E-state index in [1.165, 1.54) is 11.1 Å². The van der Waals surface area contributed by atoms with Crippen LogP contribution in [-0.2, 0) is 12.8 Å². The molecule has 0 N–H and O–H groups in total. The molecule has 0 aromatic heterocycles. The Hall–Kier alpha value is -2.09. The minimum Gasteiger partial charge on any atom is -0.308 e. The number of anilines is 1. The molecule has 0 fully saturated rings. The molecule has 1 heterocycles. The summed E-state index contributed by atoms with van der Waals surface area (Å²) in [5, 5.41) is 0. The Balaban J connectivity index is 1.86. The fourth-order valence-corrected chi connectivity index (χ4v) is 3.00. The quantitative estimate of drug-likeness (QED) is 0.823. The van der Waals surface area contributed by atoms with E-state index in [-0.39, 0.29) is 5.91 Å². The summed E-state index contributed by atoms with van der Waals surface area (Å²) in [6.45, 7) is 2.98. The normalized spacial score (nSPS) is 13.9. The summed E-state index contributed by atoms with van der Waals surface area (Å²) in [5.74, 6) is 0.116. The first kappa shape index (κ1) is 13.9. The molecule has 2 heteroatoms. The molecule has 1 aliphatic heterocycles. The van der Waals surface area contributed by atoms with Crippen molar-refractivity contribution < 1.29 is 4.79 Å². The fourth-order valence-electron chi connectivity index (χ4n) is 3.00. The lowest BCUT2D eigenvalue weighted by Crippen LogP contribution is -2.35. The van der Waals surface area contributed by atoms with Crippen molar-refractivity contribution in [1.82, 2.24) is 0 Å². The second-order valence-electron chi connectivity index (χ2n) is 5.64. The number of aryl methyl sites for hydroxylation is 2.